The SMILES string of the molecule is NC1CCN(C[C@@H](O)c2cccc(Cl)c2)CC1. The third-order valence-electron chi connectivity index (χ3n) is 3.30. The van der Waals surface area contributed by atoms with Crippen molar-refractivity contribution in [2.45, 2.75) is 25.0 Å². The van der Waals surface area contributed by atoms with E-state index >= 15 is 0 Å². The fourth-order valence-electron chi connectivity index (χ4n) is 2.20. The zero-order valence-electron chi connectivity index (χ0n) is 9.85. The molecule has 1 aliphatic heterocycles. The largest absolute Gasteiger partial charge is 0.387 e. The first-order valence-corrected chi connectivity index (χ1v) is 6.44. The van der Waals surface area contributed by atoms with E-state index in [1.165, 1.54) is 0 Å². The van der Waals surface area contributed by atoms with E-state index in [0.29, 0.717) is 17.6 Å². The summed E-state index contributed by atoms with van der Waals surface area (Å²) in [6.45, 7) is 2.60. The first kappa shape index (κ1) is 12.8. The molecule has 1 heterocycles. The number of halogens is 1. The molecular formula is C13H19ClN2O. The van der Waals surface area contributed by atoms with Crippen LogP contribution in [0.4, 0.5) is 0 Å². The Labute approximate surface area is 107 Å². The first-order chi connectivity index (χ1) is 8.15. The quantitative estimate of drug-likeness (QED) is 0.865. The maximum absolute atomic E-state index is 10.1. The van der Waals surface area contributed by atoms with Crippen LogP contribution in [-0.2, 0) is 0 Å². The van der Waals surface area contributed by atoms with Gasteiger partial charge in [0.2, 0.25) is 0 Å². The van der Waals surface area contributed by atoms with Gasteiger partial charge in [-0.25, -0.2) is 0 Å². The minimum Gasteiger partial charge on any atom is -0.387 e. The first-order valence-electron chi connectivity index (χ1n) is 6.06. The molecule has 1 atom stereocenters. The summed E-state index contributed by atoms with van der Waals surface area (Å²) < 4.78 is 0. The van der Waals surface area contributed by atoms with Gasteiger partial charge in [-0.2, -0.15) is 0 Å². The average molecular weight is 255 g/mol. The van der Waals surface area contributed by atoms with Gasteiger partial charge >= 0.3 is 0 Å². The van der Waals surface area contributed by atoms with Gasteiger partial charge < -0.3 is 15.7 Å². The van der Waals surface area contributed by atoms with E-state index in [1.807, 2.05) is 24.3 Å². The molecule has 0 aromatic heterocycles. The second-order valence-electron chi connectivity index (χ2n) is 4.71. The number of benzene rings is 1. The van der Waals surface area contributed by atoms with Gasteiger partial charge in [-0.3, -0.25) is 0 Å². The Balaban J connectivity index is 1.90. The zero-order valence-corrected chi connectivity index (χ0v) is 10.6. The Bertz CT molecular complexity index is 364. The lowest BCUT2D eigenvalue weighted by Gasteiger charge is -2.31. The number of rotatable bonds is 3. The van der Waals surface area contributed by atoms with Crippen molar-refractivity contribution in [3.05, 3.63) is 34.9 Å². The van der Waals surface area contributed by atoms with Crippen LogP contribution in [-0.4, -0.2) is 35.7 Å². The summed E-state index contributed by atoms with van der Waals surface area (Å²) in [5.41, 5.74) is 6.73. The molecule has 0 saturated carbocycles. The second-order valence-corrected chi connectivity index (χ2v) is 5.15. The maximum Gasteiger partial charge on any atom is 0.0917 e. The number of β-amino-alcohol motifs (C(OH)–C–C–N with tert-alkyl or cyclic N) is 1. The van der Waals surface area contributed by atoms with Gasteiger partial charge in [-0.05, 0) is 43.6 Å². The van der Waals surface area contributed by atoms with Gasteiger partial charge in [-0.15, -0.1) is 0 Å². The molecule has 1 aromatic rings. The van der Waals surface area contributed by atoms with E-state index in [0.717, 1.165) is 31.5 Å². The molecule has 1 aliphatic rings. The molecule has 94 valence electrons. The molecule has 0 amide bonds. The monoisotopic (exact) mass is 254 g/mol. The number of aliphatic hydroxyl groups is 1. The van der Waals surface area contributed by atoms with Crippen molar-refractivity contribution >= 4 is 11.6 Å². The predicted octanol–water partition coefficient (Wildman–Crippen LogP) is 1.80. The maximum atomic E-state index is 10.1. The number of hydrogen-bond donors (Lipinski definition) is 2. The van der Waals surface area contributed by atoms with E-state index in [-0.39, 0.29) is 0 Å². The standard InChI is InChI=1S/C13H19ClN2O/c14-11-3-1-2-10(8-11)13(17)9-16-6-4-12(15)5-7-16/h1-3,8,12-13,17H,4-7,9,15H2/t13-/m1/s1. The second kappa shape index (κ2) is 5.83. The lowest BCUT2D eigenvalue weighted by molar-refractivity contribution is 0.0977. The van der Waals surface area contributed by atoms with Crippen LogP contribution < -0.4 is 5.73 Å². The van der Waals surface area contributed by atoms with Crippen molar-refractivity contribution in [2.24, 2.45) is 5.73 Å². The molecule has 3 N–H and O–H groups in total. The molecule has 0 spiro atoms. The van der Waals surface area contributed by atoms with Crippen LogP contribution in [0, 0.1) is 0 Å². The predicted molar refractivity (Wildman–Crippen MR) is 70.1 cm³/mol. The summed E-state index contributed by atoms with van der Waals surface area (Å²) in [4.78, 5) is 2.26. The Morgan fingerprint density at radius 2 is 2.12 bits per heavy atom. The normalized spacial score (nSPS) is 20.4. The highest BCUT2D eigenvalue weighted by Crippen LogP contribution is 2.20. The summed E-state index contributed by atoms with van der Waals surface area (Å²) in [5, 5.41) is 10.8. The number of aliphatic hydroxyl groups excluding tert-OH is 1. The highest BCUT2D eigenvalue weighted by molar-refractivity contribution is 6.30. The van der Waals surface area contributed by atoms with Gasteiger partial charge in [0.1, 0.15) is 0 Å². The molecule has 1 aromatic carbocycles. The van der Waals surface area contributed by atoms with Gasteiger partial charge in [0.05, 0.1) is 6.10 Å². The highest BCUT2D eigenvalue weighted by Gasteiger charge is 2.19. The number of nitrogens with zero attached hydrogens (tertiary/aromatic N) is 1. The van der Waals surface area contributed by atoms with Crippen LogP contribution in [0.15, 0.2) is 24.3 Å². The minimum atomic E-state index is -0.469. The van der Waals surface area contributed by atoms with E-state index in [4.69, 9.17) is 17.3 Å². The third-order valence-corrected chi connectivity index (χ3v) is 3.53. The van der Waals surface area contributed by atoms with Crippen LogP contribution in [0.1, 0.15) is 24.5 Å². The van der Waals surface area contributed by atoms with Gasteiger partial charge in [0, 0.05) is 17.6 Å². The molecule has 2 rings (SSSR count). The number of nitrogens with two attached hydrogens (primary N) is 1. The van der Waals surface area contributed by atoms with E-state index in [1.54, 1.807) is 0 Å². The summed E-state index contributed by atoms with van der Waals surface area (Å²) >= 11 is 5.91. The lowest BCUT2D eigenvalue weighted by atomic mass is 10.0. The Kier molecular flexibility index (Phi) is 4.40. The zero-order chi connectivity index (χ0) is 12.3. The van der Waals surface area contributed by atoms with E-state index in [2.05, 4.69) is 4.90 Å². The average Bonchev–Trinajstić information content (AvgIpc) is 2.32. The third kappa shape index (κ3) is 3.68. The van der Waals surface area contributed by atoms with Gasteiger partial charge in [-0.1, -0.05) is 23.7 Å². The Morgan fingerprint density at radius 1 is 1.41 bits per heavy atom. The number of likely N-dealkylation sites (tertiary alicyclic amines) is 1. The lowest BCUT2D eigenvalue weighted by Crippen LogP contribution is -2.41. The summed E-state index contributed by atoms with van der Waals surface area (Å²) in [5.74, 6) is 0. The highest BCUT2D eigenvalue weighted by atomic mass is 35.5. The fourth-order valence-corrected chi connectivity index (χ4v) is 2.40. The topological polar surface area (TPSA) is 49.5 Å². The molecule has 4 heteroatoms. The van der Waals surface area contributed by atoms with Crippen molar-refractivity contribution in [3.63, 3.8) is 0 Å². The van der Waals surface area contributed by atoms with Gasteiger partial charge in [0.15, 0.2) is 0 Å². The van der Waals surface area contributed by atoms with Crippen molar-refractivity contribution < 1.29 is 5.11 Å². The van der Waals surface area contributed by atoms with Gasteiger partial charge in [0.25, 0.3) is 0 Å². The molecule has 17 heavy (non-hydrogen) atoms. The van der Waals surface area contributed by atoms with E-state index < -0.39 is 6.10 Å². The number of hydrogen-bond acceptors (Lipinski definition) is 3. The molecule has 0 aliphatic carbocycles. The van der Waals surface area contributed by atoms with E-state index in [9.17, 15) is 5.11 Å². The van der Waals surface area contributed by atoms with Crippen LogP contribution in [0.3, 0.4) is 0 Å². The summed E-state index contributed by atoms with van der Waals surface area (Å²) in [7, 11) is 0. The van der Waals surface area contributed by atoms with Crippen molar-refractivity contribution in [1.82, 2.24) is 4.90 Å². The molecular weight excluding hydrogens is 236 g/mol. The van der Waals surface area contributed by atoms with Crippen molar-refractivity contribution in [2.75, 3.05) is 19.6 Å². The molecule has 1 saturated heterocycles. The fraction of sp³-hybridized carbons (Fsp3) is 0.538. The molecule has 0 unspecified atom stereocenters. The molecule has 0 bridgehead atoms. The smallest absolute Gasteiger partial charge is 0.0917 e. The Hall–Kier alpha value is -0.610. The van der Waals surface area contributed by atoms with Crippen LogP contribution in [0.5, 0.6) is 0 Å². The molecule has 0 radical (unpaired) electrons. The Morgan fingerprint density at radius 3 is 2.76 bits per heavy atom. The summed E-state index contributed by atoms with van der Waals surface area (Å²) in [6, 6.07) is 7.74. The van der Waals surface area contributed by atoms with Crippen LogP contribution in [0.2, 0.25) is 5.02 Å². The summed E-state index contributed by atoms with van der Waals surface area (Å²) in [6.07, 6.45) is 1.56. The minimum absolute atomic E-state index is 0.328. The van der Waals surface area contributed by atoms with Crippen LogP contribution in [0.25, 0.3) is 0 Å². The van der Waals surface area contributed by atoms with Crippen molar-refractivity contribution in [3.8, 4) is 0 Å². The van der Waals surface area contributed by atoms with Crippen LogP contribution >= 0.6 is 11.6 Å². The molecule has 3 nitrogen and oxygen atoms in total. The molecule has 1 fully saturated rings. The number of piperidine rings is 1. The van der Waals surface area contributed by atoms with Crippen molar-refractivity contribution in [1.29, 1.82) is 0 Å².